The Hall–Kier alpha value is -0.870. The summed E-state index contributed by atoms with van der Waals surface area (Å²) in [6.45, 7) is 0.186. The van der Waals surface area contributed by atoms with Gasteiger partial charge >= 0.3 is 0 Å². The van der Waals surface area contributed by atoms with E-state index in [4.69, 9.17) is 0 Å². The van der Waals surface area contributed by atoms with E-state index in [-0.39, 0.29) is 24.5 Å². The lowest BCUT2D eigenvalue weighted by Gasteiger charge is -2.18. The summed E-state index contributed by atoms with van der Waals surface area (Å²) >= 11 is 1.67. The third-order valence-corrected chi connectivity index (χ3v) is 5.92. The molecule has 0 aromatic carbocycles. The monoisotopic (exact) mass is 293 g/mol. The largest absolute Gasteiger partial charge is 0.396 e. The first-order chi connectivity index (χ1) is 9.78. The number of hydrogen-bond donors (Lipinski definition) is 2. The first-order valence-corrected chi connectivity index (χ1v) is 8.63. The number of amides is 1. The molecule has 3 nitrogen and oxygen atoms in total. The molecule has 1 heterocycles. The van der Waals surface area contributed by atoms with E-state index in [0.29, 0.717) is 0 Å². The average molecular weight is 293 g/mol. The third-order valence-electron chi connectivity index (χ3n) is 4.68. The molecule has 1 amide bonds. The van der Waals surface area contributed by atoms with Gasteiger partial charge in [-0.1, -0.05) is 12.8 Å². The molecule has 1 aromatic rings. The number of thiophene rings is 1. The second kappa shape index (κ2) is 6.27. The fourth-order valence-electron chi connectivity index (χ4n) is 3.46. The van der Waals surface area contributed by atoms with Crippen molar-refractivity contribution in [3.8, 4) is 0 Å². The molecule has 0 spiro atoms. The van der Waals surface area contributed by atoms with Gasteiger partial charge in [-0.25, -0.2) is 0 Å². The average Bonchev–Trinajstić information content (AvgIpc) is 3.00. The number of nitrogens with one attached hydrogen (secondary N) is 1. The van der Waals surface area contributed by atoms with Crippen LogP contribution in [0.2, 0.25) is 0 Å². The van der Waals surface area contributed by atoms with E-state index in [1.54, 1.807) is 11.3 Å². The van der Waals surface area contributed by atoms with Gasteiger partial charge in [0.15, 0.2) is 0 Å². The molecular weight excluding hydrogens is 270 g/mol. The Bertz CT molecular complexity index is 459. The van der Waals surface area contributed by atoms with E-state index in [9.17, 15) is 9.90 Å². The Labute approximate surface area is 124 Å². The van der Waals surface area contributed by atoms with Crippen molar-refractivity contribution in [2.75, 3.05) is 6.61 Å². The van der Waals surface area contributed by atoms with Crippen molar-refractivity contribution < 1.29 is 9.90 Å². The van der Waals surface area contributed by atoms with Crippen LogP contribution in [0.15, 0.2) is 6.07 Å². The molecule has 0 saturated heterocycles. The van der Waals surface area contributed by atoms with Gasteiger partial charge in [0.25, 0.3) is 5.91 Å². The highest BCUT2D eigenvalue weighted by atomic mass is 32.1. The molecule has 0 bridgehead atoms. The normalized spacial score (nSPS) is 26.1. The van der Waals surface area contributed by atoms with Gasteiger partial charge in [0, 0.05) is 23.4 Å². The lowest BCUT2D eigenvalue weighted by atomic mass is 10.1. The molecular formula is C16H23NO2S. The summed E-state index contributed by atoms with van der Waals surface area (Å²) in [7, 11) is 0. The van der Waals surface area contributed by atoms with Gasteiger partial charge in [0.05, 0.1) is 4.88 Å². The van der Waals surface area contributed by atoms with Crippen molar-refractivity contribution in [1.82, 2.24) is 5.32 Å². The van der Waals surface area contributed by atoms with E-state index in [1.807, 2.05) is 0 Å². The quantitative estimate of drug-likeness (QED) is 0.842. The van der Waals surface area contributed by atoms with Crippen LogP contribution in [0.5, 0.6) is 0 Å². The molecule has 1 aromatic heterocycles. The van der Waals surface area contributed by atoms with Gasteiger partial charge in [-0.2, -0.15) is 0 Å². The van der Waals surface area contributed by atoms with Gasteiger partial charge in [-0.3, -0.25) is 4.79 Å². The Morgan fingerprint density at radius 2 is 2.10 bits per heavy atom. The molecule has 3 rings (SSSR count). The van der Waals surface area contributed by atoms with Gasteiger partial charge in [-0.05, 0) is 50.2 Å². The molecule has 4 heteroatoms. The van der Waals surface area contributed by atoms with Crippen LogP contribution in [-0.4, -0.2) is 23.7 Å². The van der Waals surface area contributed by atoms with E-state index < -0.39 is 0 Å². The van der Waals surface area contributed by atoms with Crippen molar-refractivity contribution in [1.29, 1.82) is 0 Å². The molecule has 110 valence electrons. The first kappa shape index (κ1) is 14.1. The predicted molar refractivity (Wildman–Crippen MR) is 81.3 cm³/mol. The van der Waals surface area contributed by atoms with Crippen LogP contribution in [0.3, 0.4) is 0 Å². The highest BCUT2D eigenvalue weighted by molar-refractivity contribution is 7.14. The van der Waals surface area contributed by atoms with Crippen LogP contribution in [0.4, 0.5) is 0 Å². The molecule has 0 aliphatic heterocycles. The zero-order valence-corrected chi connectivity index (χ0v) is 12.7. The van der Waals surface area contributed by atoms with Crippen molar-refractivity contribution in [2.24, 2.45) is 5.92 Å². The maximum absolute atomic E-state index is 12.4. The number of rotatable bonds is 3. The highest BCUT2D eigenvalue weighted by Crippen LogP contribution is 2.30. The summed E-state index contributed by atoms with van der Waals surface area (Å²) in [5.74, 6) is 0.310. The van der Waals surface area contributed by atoms with Crippen LogP contribution in [0.1, 0.15) is 58.6 Å². The fraction of sp³-hybridized carbons (Fsp3) is 0.688. The summed E-state index contributed by atoms with van der Waals surface area (Å²) in [5, 5.41) is 12.5. The summed E-state index contributed by atoms with van der Waals surface area (Å²) < 4.78 is 0. The van der Waals surface area contributed by atoms with E-state index in [0.717, 1.165) is 37.0 Å². The second-order valence-electron chi connectivity index (χ2n) is 6.07. The summed E-state index contributed by atoms with van der Waals surface area (Å²) in [4.78, 5) is 14.7. The van der Waals surface area contributed by atoms with E-state index in [2.05, 4.69) is 11.4 Å². The second-order valence-corrected chi connectivity index (χ2v) is 7.21. The number of aliphatic hydroxyl groups excluding tert-OH is 1. The molecule has 2 atom stereocenters. The topological polar surface area (TPSA) is 49.3 Å². The van der Waals surface area contributed by atoms with Crippen molar-refractivity contribution in [3.05, 3.63) is 21.4 Å². The van der Waals surface area contributed by atoms with Crippen molar-refractivity contribution >= 4 is 17.2 Å². The van der Waals surface area contributed by atoms with Crippen LogP contribution in [0, 0.1) is 5.92 Å². The fourth-order valence-corrected chi connectivity index (χ4v) is 4.62. The number of carbonyl (C=O) groups excluding carboxylic acids is 1. The number of hydrogen-bond acceptors (Lipinski definition) is 3. The molecule has 2 aliphatic carbocycles. The SMILES string of the molecule is O=C(NC1CCCC1CO)c1cc2c(s1)CCCCC2. The first-order valence-electron chi connectivity index (χ1n) is 7.81. The summed E-state index contributed by atoms with van der Waals surface area (Å²) in [5.41, 5.74) is 1.39. The standard InChI is InChI=1S/C16H23NO2S/c18-10-12-6-4-7-13(12)17-16(19)15-9-11-5-2-1-3-8-14(11)20-15/h9,12-13,18H,1-8,10H2,(H,17,19). The number of aryl methyl sites for hydroxylation is 2. The molecule has 0 radical (unpaired) electrons. The smallest absolute Gasteiger partial charge is 0.261 e. The Morgan fingerprint density at radius 3 is 2.95 bits per heavy atom. The molecule has 1 fully saturated rings. The van der Waals surface area contributed by atoms with Crippen LogP contribution in [0.25, 0.3) is 0 Å². The maximum Gasteiger partial charge on any atom is 0.261 e. The van der Waals surface area contributed by atoms with Gasteiger partial charge in [-0.15, -0.1) is 11.3 Å². The van der Waals surface area contributed by atoms with Gasteiger partial charge in [0.2, 0.25) is 0 Å². The molecule has 2 N–H and O–H groups in total. The molecule has 20 heavy (non-hydrogen) atoms. The predicted octanol–water partition coefficient (Wildman–Crippen LogP) is 2.91. The Morgan fingerprint density at radius 1 is 1.25 bits per heavy atom. The number of aliphatic hydroxyl groups is 1. The Kier molecular flexibility index (Phi) is 4.41. The van der Waals surface area contributed by atoms with E-state index >= 15 is 0 Å². The third kappa shape index (κ3) is 2.91. The molecule has 2 aliphatic rings. The number of fused-ring (bicyclic) bond motifs is 1. The molecule has 2 unspecified atom stereocenters. The lowest BCUT2D eigenvalue weighted by Crippen LogP contribution is -2.38. The van der Waals surface area contributed by atoms with Crippen LogP contribution < -0.4 is 5.32 Å². The van der Waals surface area contributed by atoms with Gasteiger partial charge < -0.3 is 10.4 Å². The summed E-state index contributed by atoms with van der Waals surface area (Å²) in [6.07, 6.45) is 9.21. The zero-order valence-electron chi connectivity index (χ0n) is 11.9. The zero-order chi connectivity index (χ0) is 13.9. The number of carbonyl (C=O) groups is 1. The minimum atomic E-state index is 0.0634. The highest BCUT2D eigenvalue weighted by Gasteiger charge is 2.28. The minimum absolute atomic E-state index is 0.0634. The summed E-state index contributed by atoms with van der Waals surface area (Å²) in [6, 6.07) is 2.26. The maximum atomic E-state index is 12.4. The van der Waals surface area contributed by atoms with Gasteiger partial charge in [0.1, 0.15) is 0 Å². The minimum Gasteiger partial charge on any atom is -0.396 e. The van der Waals surface area contributed by atoms with Crippen LogP contribution >= 0.6 is 11.3 Å². The van der Waals surface area contributed by atoms with Crippen molar-refractivity contribution in [2.45, 2.75) is 57.4 Å². The lowest BCUT2D eigenvalue weighted by molar-refractivity contribution is 0.0920. The Balaban J connectivity index is 1.68. The van der Waals surface area contributed by atoms with Crippen molar-refractivity contribution in [3.63, 3.8) is 0 Å². The molecule has 1 saturated carbocycles. The van der Waals surface area contributed by atoms with E-state index in [1.165, 1.54) is 29.7 Å². The van der Waals surface area contributed by atoms with Crippen LogP contribution in [-0.2, 0) is 12.8 Å².